The summed E-state index contributed by atoms with van der Waals surface area (Å²) in [4.78, 5) is 24.8. The summed E-state index contributed by atoms with van der Waals surface area (Å²) in [6.07, 6.45) is 4.73. The van der Waals surface area contributed by atoms with Crippen molar-refractivity contribution < 1.29 is 14.7 Å². The van der Waals surface area contributed by atoms with Crippen LogP contribution in [0.1, 0.15) is 11.3 Å². The average molecular weight is 356 g/mol. The lowest BCUT2D eigenvalue weighted by molar-refractivity contribution is -0.147. The first-order valence-corrected chi connectivity index (χ1v) is 8.16. The van der Waals surface area contributed by atoms with E-state index in [1.54, 1.807) is 11.3 Å². The molecule has 1 heterocycles. The fourth-order valence-corrected chi connectivity index (χ4v) is 4.69. The monoisotopic (exact) mass is 355 g/mol. The van der Waals surface area contributed by atoms with Gasteiger partial charge in [0.1, 0.15) is 0 Å². The van der Waals surface area contributed by atoms with Crippen molar-refractivity contribution >= 4 is 39.1 Å². The van der Waals surface area contributed by atoms with Gasteiger partial charge in [0.15, 0.2) is 0 Å². The summed E-state index contributed by atoms with van der Waals surface area (Å²) in [5.74, 6) is -1.92. The molecule has 2 bridgehead atoms. The predicted molar refractivity (Wildman–Crippen MR) is 79.2 cm³/mol. The molecule has 0 spiro atoms. The number of thiophene rings is 1. The van der Waals surface area contributed by atoms with E-state index in [9.17, 15) is 14.7 Å². The van der Waals surface area contributed by atoms with Crippen LogP contribution < -0.4 is 5.32 Å². The summed E-state index contributed by atoms with van der Waals surface area (Å²) in [7, 11) is 0. The largest absolute Gasteiger partial charge is 0.481 e. The average Bonchev–Trinajstić information content (AvgIpc) is 3.10. The molecule has 0 radical (unpaired) electrons. The van der Waals surface area contributed by atoms with E-state index in [1.165, 1.54) is 0 Å². The first kappa shape index (κ1) is 13.8. The van der Waals surface area contributed by atoms with Crippen LogP contribution in [0.5, 0.6) is 0 Å². The van der Waals surface area contributed by atoms with E-state index >= 15 is 0 Å². The number of carboxylic acid groups (broad SMARTS) is 1. The van der Waals surface area contributed by atoms with Crippen LogP contribution in [0.4, 0.5) is 0 Å². The van der Waals surface area contributed by atoms with E-state index in [0.29, 0.717) is 6.54 Å². The quantitative estimate of drug-likeness (QED) is 0.816. The molecule has 4 unspecified atom stereocenters. The Morgan fingerprint density at radius 3 is 2.65 bits per heavy atom. The molecular weight excluding hydrogens is 342 g/mol. The molecule has 1 amide bonds. The molecule has 1 fully saturated rings. The highest BCUT2D eigenvalue weighted by atomic mass is 79.9. The van der Waals surface area contributed by atoms with Gasteiger partial charge >= 0.3 is 5.97 Å². The van der Waals surface area contributed by atoms with E-state index in [1.807, 2.05) is 23.6 Å². The minimum atomic E-state index is -0.862. The zero-order valence-corrected chi connectivity index (χ0v) is 13.0. The summed E-state index contributed by atoms with van der Waals surface area (Å²) >= 11 is 4.99. The Morgan fingerprint density at radius 2 is 2.05 bits per heavy atom. The SMILES string of the molecule is O=C(O)C1C2C=CC(C2)C1C(=O)NCc1sccc1Br. The van der Waals surface area contributed by atoms with Crippen molar-refractivity contribution in [3.63, 3.8) is 0 Å². The molecule has 106 valence electrons. The second kappa shape index (κ2) is 5.33. The normalized spacial score (nSPS) is 30.6. The van der Waals surface area contributed by atoms with Gasteiger partial charge in [0.05, 0.1) is 18.4 Å². The molecular formula is C14H14BrNO3S. The van der Waals surface area contributed by atoms with Crippen LogP contribution in [-0.4, -0.2) is 17.0 Å². The first-order chi connectivity index (χ1) is 9.58. The Balaban J connectivity index is 1.69. The Bertz CT molecular complexity index is 583. The number of nitrogens with one attached hydrogen (secondary N) is 1. The number of allylic oxidation sites excluding steroid dienone is 2. The smallest absolute Gasteiger partial charge is 0.307 e. The standard InChI is InChI=1S/C14H14BrNO3S/c15-9-3-4-20-10(9)6-16-13(17)11-7-1-2-8(5-7)12(11)14(18)19/h1-4,7-8,11-12H,5-6H2,(H,16,17)(H,18,19). The summed E-state index contributed by atoms with van der Waals surface area (Å²) in [6, 6.07) is 1.94. The van der Waals surface area contributed by atoms with Crippen molar-refractivity contribution in [1.29, 1.82) is 0 Å². The van der Waals surface area contributed by atoms with Crippen molar-refractivity contribution in [3.05, 3.63) is 32.9 Å². The van der Waals surface area contributed by atoms with Gasteiger partial charge < -0.3 is 10.4 Å². The number of carboxylic acids is 1. The summed E-state index contributed by atoms with van der Waals surface area (Å²) < 4.78 is 0.977. The molecule has 2 N–H and O–H groups in total. The zero-order valence-electron chi connectivity index (χ0n) is 10.6. The number of hydrogen-bond donors (Lipinski definition) is 2. The summed E-state index contributed by atoms with van der Waals surface area (Å²) in [6.45, 7) is 0.445. The van der Waals surface area contributed by atoms with Crippen molar-refractivity contribution in [2.24, 2.45) is 23.7 Å². The van der Waals surface area contributed by atoms with Gasteiger partial charge in [-0.2, -0.15) is 0 Å². The number of rotatable bonds is 4. The molecule has 2 aliphatic rings. The van der Waals surface area contributed by atoms with Crippen LogP contribution in [0, 0.1) is 23.7 Å². The third-order valence-electron chi connectivity index (χ3n) is 4.16. The van der Waals surface area contributed by atoms with Gasteiger partial charge in [-0.25, -0.2) is 0 Å². The number of fused-ring (bicyclic) bond motifs is 2. The van der Waals surface area contributed by atoms with E-state index in [-0.39, 0.29) is 17.7 Å². The highest BCUT2D eigenvalue weighted by molar-refractivity contribution is 9.10. The number of aliphatic carboxylic acids is 1. The van der Waals surface area contributed by atoms with Crippen LogP contribution in [0.3, 0.4) is 0 Å². The number of halogens is 1. The van der Waals surface area contributed by atoms with Crippen LogP contribution >= 0.6 is 27.3 Å². The number of amides is 1. The molecule has 3 rings (SSSR count). The second-order valence-corrected chi connectivity index (χ2v) is 7.10. The van der Waals surface area contributed by atoms with E-state index in [2.05, 4.69) is 21.2 Å². The Kier molecular flexibility index (Phi) is 3.69. The summed E-state index contributed by atoms with van der Waals surface area (Å²) in [5.41, 5.74) is 0. The van der Waals surface area contributed by atoms with Gasteiger partial charge in [0, 0.05) is 9.35 Å². The minimum absolute atomic E-state index is 0.0155. The van der Waals surface area contributed by atoms with Gasteiger partial charge in [-0.15, -0.1) is 11.3 Å². The van der Waals surface area contributed by atoms with E-state index < -0.39 is 17.8 Å². The minimum Gasteiger partial charge on any atom is -0.481 e. The van der Waals surface area contributed by atoms with Crippen molar-refractivity contribution in [3.8, 4) is 0 Å². The Labute approximate surface area is 129 Å². The zero-order chi connectivity index (χ0) is 14.3. The summed E-state index contributed by atoms with van der Waals surface area (Å²) in [5, 5.41) is 14.2. The maximum absolute atomic E-state index is 12.3. The fourth-order valence-electron chi connectivity index (χ4n) is 3.25. The molecule has 4 nitrogen and oxygen atoms in total. The molecule has 0 saturated heterocycles. The van der Waals surface area contributed by atoms with Crippen LogP contribution in [0.15, 0.2) is 28.1 Å². The molecule has 20 heavy (non-hydrogen) atoms. The van der Waals surface area contributed by atoms with Crippen molar-refractivity contribution in [2.75, 3.05) is 0 Å². The first-order valence-electron chi connectivity index (χ1n) is 6.48. The van der Waals surface area contributed by atoms with Gasteiger partial charge in [-0.1, -0.05) is 12.2 Å². The van der Waals surface area contributed by atoms with E-state index in [0.717, 1.165) is 15.8 Å². The highest BCUT2D eigenvalue weighted by Gasteiger charge is 2.51. The maximum Gasteiger partial charge on any atom is 0.307 e. The van der Waals surface area contributed by atoms with Gasteiger partial charge in [-0.3, -0.25) is 9.59 Å². The molecule has 1 aromatic rings. The molecule has 0 aliphatic heterocycles. The lowest BCUT2D eigenvalue weighted by Crippen LogP contribution is -2.39. The van der Waals surface area contributed by atoms with Crippen LogP contribution in [0.25, 0.3) is 0 Å². The molecule has 1 aromatic heterocycles. The number of carbonyl (C=O) groups excluding carboxylic acids is 1. The van der Waals surface area contributed by atoms with Crippen LogP contribution in [0.2, 0.25) is 0 Å². The number of carbonyl (C=O) groups is 2. The fraction of sp³-hybridized carbons (Fsp3) is 0.429. The lowest BCUT2D eigenvalue weighted by atomic mass is 9.82. The van der Waals surface area contributed by atoms with E-state index in [4.69, 9.17) is 0 Å². The van der Waals surface area contributed by atoms with Gasteiger partial charge in [-0.05, 0) is 45.6 Å². The number of hydrogen-bond acceptors (Lipinski definition) is 3. The predicted octanol–water partition coefficient (Wildman–Crippen LogP) is 2.65. The Hall–Kier alpha value is -1.14. The third-order valence-corrected chi connectivity index (χ3v) is 6.09. The van der Waals surface area contributed by atoms with Crippen molar-refractivity contribution in [1.82, 2.24) is 5.32 Å². The van der Waals surface area contributed by atoms with Gasteiger partial charge in [0.2, 0.25) is 5.91 Å². The second-order valence-electron chi connectivity index (χ2n) is 5.25. The molecule has 0 aromatic carbocycles. The highest BCUT2D eigenvalue weighted by Crippen LogP contribution is 2.48. The molecule has 6 heteroatoms. The molecule has 1 saturated carbocycles. The topological polar surface area (TPSA) is 66.4 Å². The third kappa shape index (κ3) is 2.31. The Morgan fingerprint density at radius 1 is 1.35 bits per heavy atom. The van der Waals surface area contributed by atoms with Crippen LogP contribution in [-0.2, 0) is 16.1 Å². The lowest BCUT2D eigenvalue weighted by Gasteiger charge is -2.23. The maximum atomic E-state index is 12.3. The molecule has 2 aliphatic carbocycles. The van der Waals surface area contributed by atoms with Gasteiger partial charge in [0.25, 0.3) is 0 Å². The van der Waals surface area contributed by atoms with Crippen molar-refractivity contribution in [2.45, 2.75) is 13.0 Å². The molecule has 4 atom stereocenters.